The van der Waals surface area contributed by atoms with Crippen LogP contribution in [0.1, 0.15) is 31.9 Å². The molecule has 1 N–H and O–H groups in total. The highest BCUT2D eigenvalue weighted by atomic mass is 35.5. The highest BCUT2D eigenvalue weighted by molar-refractivity contribution is 6.28. The number of nitrogens with one attached hydrogen (secondary N) is 1. The average Bonchev–Trinajstić information content (AvgIpc) is 2.50. The molecule has 0 radical (unpaired) electrons. The first-order valence-electron chi connectivity index (χ1n) is 5.43. The first-order valence-corrected chi connectivity index (χ1v) is 5.80. The molecule has 4 heteroatoms. The molecule has 0 saturated heterocycles. The third-order valence-electron chi connectivity index (χ3n) is 3.02. The Morgan fingerprint density at radius 2 is 2.20 bits per heavy atom. The van der Waals surface area contributed by atoms with Gasteiger partial charge in [0.25, 0.3) is 0 Å². The second-order valence-corrected chi connectivity index (χ2v) is 4.66. The summed E-state index contributed by atoms with van der Waals surface area (Å²) in [6, 6.07) is 2.48. The summed E-state index contributed by atoms with van der Waals surface area (Å²) in [5, 5.41) is 3.76. The molecule has 1 heterocycles. The summed E-state index contributed by atoms with van der Waals surface area (Å²) in [5.74, 6) is 1.57. The fraction of sp³-hybridized carbons (Fsp3) is 0.636. The Morgan fingerprint density at radius 3 is 2.80 bits per heavy atom. The number of hydrogen-bond acceptors (Lipinski definition) is 3. The summed E-state index contributed by atoms with van der Waals surface area (Å²) in [4.78, 5) is 8.22. The smallest absolute Gasteiger partial charge is 0.224 e. The van der Waals surface area contributed by atoms with E-state index < -0.39 is 0 Å². The zero-order valence-electron chi connectivity index (χ0n) is 9.13. The van der Waals surface area contributed by atoms with Crippen molar-refractivity contribution in [3.8, 4) is 0 Å². The van der Waals surface area contributed by atoms with Crippen molar-refractivity contribution in [1.29, 1.82) is 0 Å². The SMILES string of the molecule is Cc1cc(NC2CCCC2C)nc(Cl)n1. The quantitative estimate of drug-likeness (QED) is 0.787. The number of rotatable bonds is 2. The third-order valence-corrected chi connectivity index (χ3v) is 3.19. The molecular formula is C11H16ClN3. The van der Waals surface area contributed by atoms with Gasteiger partial charge in [0.2, 0.25) is 5.28 Å². The van der Waals surface area contributed by atoms with Crippen molar-refractivity contribution >= 4 is 17.4 Å². The molecule has 1 aliphatic carbocycles. The minimum Gasteiger partial charge on any atom is -0.367 e. The fourth-order valence-corrected chi connectivity index (χ4v) is 2.38. The van der Waals surface area contributed by atoms with Gasteiger partial charge in [-0.3, -0.25) is 0 Å². The second-order valence-electron chi connectivity index (χ2n) is 4.32. The van der Waals surface area contributed by atoms with E-state index >= 15 is 0 Å². The molecule has 0 aromatic carbocycles. The molecule has 0 aliphatic heterocycles. The van der Waals surface area contributed by atoms with Gasteiger partial charge in [-0.15, -0.1) is 0 Å². The van der Waals surface area contributed by atoms with Crippen molar-refractivity contribution in [2.45, 2.75) is 39.2 Å². The lowest BCUT2D eigenvalue weighted by molar-refractivity contribution is 0.554. The van der Waals surface area contributed by atoms with Crippen LogP contribution in [0, 0.1) is 12.8 Å². The van der Waals surface area contributed by atoms with Crippen LogP contribution >= 0.6 is 11.6 Å². The Kier molecular flexibility index (Phi) is 3.10. The van der Waals surface area contributed by atoms with Gasteiger partial charge in [-0.25, -0.2) is 9.97 Å². The highest BCUT2D eigenvalue weighted by Crippen LogP contribution is 2.27. The van der Waals surface area contributed by atoms with Crippen LogP contribution in [-0.4, -0.2) is 16.0 Å². The van der Waals surface area contributed by atoms with Gasteiger partial charge in [0.1, 0.15) is 5.82 Å². The topological polar surface area (TPSA) is 37.8 Å². The molecule has 1 saturated carbocycles. The van der Waals surface area contributed by atoms with Crippen molar-refractivity contribution in [2.24, 2.45) is 5.92 Å². The van der Waals surface area contributed by atoms with Crippen LogP contribution in [0.2, 0.25) is 5.28 Å². The molecule has 15 heavy (non-hydrogen) atoms. The lowest BCUT2D eigenvalue weighted by atomic mass is 10.1. The zero-order chi connectivity index (χ0) is 10.8. The summed E-state index contributed by atoms with van der Waals surface area (Å²) in [7, 11) is 0. The van der Waals surface area contributed by atoms with E-state index in [0.29, 0.717) is 11.3 Å². The minimum absolute atomic E-state index is 0.322. The molecule has 2 unspecified atom stereocenters. The third kappa shape index (κ3) is 2.59. The van der Waals surface area contributed by atoms with Crippen LogP contribution < -0.4 is 5.32 Å². The van der Waals surface area contributed by atoms with Crippen LogP contribution in [0.5, 0.6) is 0 Å². The molecule has 0 spiro atoms. The fourth-order valence-electron chi connectivity index (χ4n) is 2.16. The number of halogens is 1. The van der Waals surface area contributed by atoms with Crippen molar-refractivity contribution in [2.75, 3.05) is 5.32 Å². The van der Waals surface area contributed by atoms with Gasteiger partial charge < -0.3 is 5.32 Å². The Bertz CT molecular complexity index is 333. The van der Waals surface area contributed by atoms with E-state index in [0.717, 1.165) is 17.4 Å². The molecule has 0 amide bonds. The van der Waals surface area contributed by atoms with E-state index in [1.54, 1.807) is 0 Å². The summed E-state index contributed by atoms with van der Waals surface area (Å²) in [5.41, 5.74) is 0.906. The van der Waals surface area contributed by atoms with Crippen LogP contribution in [0.3, 0.4) is 0 Å². The monoisotopic (exact) mass is 225 g/mol. The van der Waals surface area contributed by atoms with Gasteiger partial charge in [-0.05, 0) is 37.3 Å². The van der Waals surface area contributed by atoms with Crippen LogP contribution in [0.25, 0.3) is 0 Å². The van der Waals surface area contributed by atoms with Crippen molar-refractivity contribution in [3.05, 3.63) is 17.0 Å². The first-order chi connectivity index (χ1) is 7.15. The van der Waals surface area contributed by atoms with Gasteiger partial charge in [0, 0.05) is 17.8 Å². The standard InChI is InChI=1S/C11H16ClN3/c1-7-4-3-5-9(7)14-10-6-8(2)13-11(12)15-10/h6-7,9H,3-5H2,1-2H3,(H,13,14,15). The summed E-state index contributed by atoms with van der Waals surface area (Å²) in [6.45, 7) is 4.21. The number of aromatic nitrogens is 2. The molecule has 1 aromatic heterocycles. The second kappa shape index (κ2) is 4.35. The number of nitrogens with zero attached hydrogens (tertiary/aromatic N) is 2. The van der Waals surface area contributed by atoms with Crippen LogP contribution in [-0.2, 0) is 0 Å². The number of hydrogen-bond donors (Lipinski definition) is 1. The number of anilines is 1. The normalized spacial score (nSPS) is 25.5. The Hall–Kier alpha value is -0.830. The zero-order valence-corrected chi connectivity index (χ0v) is 9.88. The summed E-state index contributed by atoms with van der Waals surface area (Å²) in [6.07, 6.45) is 3.83. The molecule has 82 valence electrons. The predicted molar refractivity (Wildman–Crippen MR) is 62.2 cm³/mol. The van der Waals surface area contributed by atoms with Crippen molar-refractivity contribution < 1.29 is 0 Å². The van der Waals surface area contributed by atoms with E-state index in [9.17, 15) is 0 Å². The predicted octanol–water partition coefficient (Wildman–Crippen LogP) is 3.04. The molecule has 1 aromatic rings. The van der Waals surface area contributed by atoms with Crippen LogP contribution in [0.4, 0.5) is 5.82 Å². The molecular weight excluding hydrogens is 210 g/mol. The van der Waals surface area contributed by atoms with Crippen molar-refractivity contribution in [1.82, 2.24) is 9.97 Å². The van der Waals surface area contributed by atoms with Crippen molar-refractivity contribution in [3.63, 3.8) is 0 Å². The lowest BCUT2D eigenvalue weighted by Crippen LogP contribution is -2.22. The van der Waals surface area contributed by atoms with Gasteiger partial charge in [0.15, 0.2) is 0 Å². The van der Waals surface area contributed by atoms with E-state index in [1.807, 2.05) is 13.0 Å². The Balaban J connectivity index is 2.10. The van der Waals surface area contributed by atoms with E-state index in [2.05, 4.69) is 22.2 Å². The van der Waals surface area contributed by atoms with Gasteiger partial charge in [0.05, 0.1) is 0 Å². The molecule has 0 bridgehead atoms. The van der Waals surface area contributed by atoms with Gasteiger partial charge in [-0.2, -0.15) is 0 Å². The van der Waals surface area contributed by atoms with Gasteiger partial charge in [-0.1, -0.05) is 13.3 Å². The molecule has 2 atom stereocenters. The van der Waals surface area contributed by atoms with Gasteiger partial charge >= 0.3 is 0 Å². The van der Waals surface area contributed by atoms with E-state index in [4.69, 9.17) is 11.6 Å². The maximum absolute atomic E-state index is 5.81. The van der Waals surface area contributed by atoms with E-state index in [-0.39, 0.29) is 0 Å². The Labute approximate surface area is 95.3 Å². The number of aryl methyl sites for hydroxylation is 1. The average molecular weight is 226 g/mol. The molecule has 1 aliphatic rings. The summed E-state index contributed by atoms with van der Waals surface area (Å²) < 4.78 is 0. The van der Waals surface area contributed by atoms with Crippen LogP contribution in [0.15, 0.2) is 6.07 Å². The molecule has 2 rings (SSSR count). The largest absolute Gasteiger partial charge is 0.367 e. The molecule has 3 nitrogen and oxygen atoms in total. The highest BCUT2D eigenvalue weighted by Gasteiger charge is 2.23. The Morgan fingerprint density at radius 1 is 1.40 bits per heavy atom. The maximum atomic E-state index is 5.81. The first kappa shape index (κ1) is 10.7. The molecule has 1 fully saturated rings. The minimum atomic E-state index is 0.322. The lowest BCUT2D eigenvalue weighted by Gasteiger charge is -2.17. The maximum Gasteiger partial charge on any atom is 0.224 e. The van der Waals surface area contributed by atoms with E-state index in [1.165, 1.54) is 19.3 Å². The summed E-state index contributed by atoms with van der Waals surface area (Å²) >= 11 is 5.81.